The summed E-state index contributed by atoms with van der Waals surface area (Å²) >= 11 is 0. The van der Waals surface area contributed by atoms with E-state index in [2.05, 4.69) is 4.98 Å². The maximum absolute atomic E-state index is 10.8. The fraction of sp³-hybridized carbons (Fsp3) is 0.250. The van der Waals surface area contributed by atoms with Crippen LogP contribution < -0.4 is 16.2 Å². The Hall–Kier alpha value is -1.78. The molecule has 0 saturated heterocycles. The smallest absolute Gasteiger partial charge is 0.269 e. The first kappa shape index (κ1) is 9.31. The first-order valence-electron chi connectivity index (χ1n) is 3.67. The van der Waals surface area contributed by atoms with Gasteiger partial charge in [0.2, 0.25) is 5.88 Å². The van der Waals surface area contributed by atoms with Crippen LogP contribution in [0.2, 0.25) is 0 Å². The number of anilines is 1. The maximum atomic E-state index is 10.8. The highest BCUT2D eigenvalue weighted by Gasteiger charge is 2.11. The number of aromatic nitrogens is 1. The minimum absolute atomic E-state index is 0.0439. The number of aryl methyl sites for hydroxylation is 1. The van der Waals surface area contributed by atoms with E-state index in [1.54, 1.807) is 13.0 Å². The monoisotopic (exact) mass is 181 g/mol. The van der Waals surface area contributed by atoms with Crippen LogP contribution >= 0.6 is 0 Å². The van der Waals surface area contributed by atoms with Crippen molar-refractivity contribution in [3.8, 4) is 5.88 Å². The van der Waals surface area contributed by atoms with Crippen LogP contribution in [0.3, 0.4) is 0 Å². The first-order valence-corrected chi connectivity index (χ1v) is 3.67. The third-order valence-electron chi connectivity index (χ3n) is 1.62. The highest BCUT2D eigenvalue weighted by atomic mass is 16.5. The van der Waals surface area contributed by atoms with Gasteiger partial charge in [0.25, 0.3) is 5.91 Å². The molecule has 1 aromatic rings. The molecule has 0 radical (unpaired) electrons. The maximum Gasteiger partial charge on any atom is 0.269 e. The van der Waals surface area contributed by atoms with Gasteiger partial charge < -0.3 is 16.2 Å². The van der Waals surface area contributed by atoms with Gasteiger partial charge in [0.05, 0.1) is 12.8 Å². The lowest BCUT2D eigenvalue weighted by atomic mass is 10.2. The van der Waals surface area contributed by atoms with Gasteiger partial charge in [-0.1, -0.05) is 0 Å². The number of rotatable bonds is 2. The van der Waals surface area contributed by atoms with Gasteiger partial charge in [-0.25, -0.2) is 4.98 Å². The molecule has 0 aromatic carbocycles. The van der Waals surface area contributed by atoms with Crippen LogP contribution in [-0.4, -0.2) is 18.0 Å². The molecule has 5 nitrogen and oxygen atoms in total. The van der Waals surface area contributed by atoms with Crippen LogP contribution in [0.4, 0.5) is 5.69 Å². The number of carbonyl (C=O) groups excluding carboxylic acids is 1. The quantitative estimate of drug-likeness (QED) is 0.675. The average molecular weight is 181 g/mol. The summed E-state index contributed by atoms with van der Waals surface area (Å²) in [5.41, 5.74) is 11.7. The highest BCUT2D eigenvalue weighted by molar-refractivity contribution is 5.96. The van der Waals surface area contributed by atoms with E-state index in [4.69, 9.17) is 16.2 Å². The molecule has 0 aliphatic carbocycles. The van der Waals surface area contributed by atoms with Crippen molar-refractivity contribution >= 4 is 11.6 Å². The second-order valence-corrected chi connectivity index (χ2v) is 2.62. The van der Waals surface area contributed by atoms with Gasteiger partial charge in [-0.3, -0.25) is 4.79 Å². The third kappa shape index (κ3) is 1.69. The molecule has 0 fully saturated rings. The van der Waals surface area contributed by atoms with Crippen molar-refractivity contribution < 1.29 is 9.53 Å². The first-order chi connectivity index (χ1) is 6.06. The number of nitrogens with two attached hydrogens (primary N) is 2. The summed E-state index contributed by atoms with van der Waals surface area (Å²) in [5, 5.41) is 0. The predicted octanol–water partition coefficient (Wildman–Crippen LogP) is 0.0797. The molecule has 70 valence electrons. The molecule has 0 saturated carbocycles. The van der Waals surface area contributed by atoms with E-state index < -0.39 is 5.91 Å². The van der Waals surface area contributed by atoms with Crippen LogP contribution in [0.25, 0.3) is 0 Å². The molecule has 1 heterocycles. The predicted molar refractivity (Wildman–Crippen MR) is 48.5 cm³/mol. The molecule has 0 aliphatic rings. The number of nitrogens with zero attached hydrogens (tertiary/aromatic N) is 1. The number of methoxy groups -OCH3 is 1. The molecule has 0 unspecified atom stereocenters. The zero-order valence-electron chi connectivity index (χ0n) is 7.50. The molecule has 13 heavy (non-hydrogen) atoms. The molecule has 4 N–H and O–H groups in total. The summed E-state index contributed by atoms with van der Waals surface area (Å²) in [6, 6.07) is 1.60. The lowest BCUT2D eigenvalue weighted by Gasteiger charge is -2.06. The fourth-order valence-corrected chi connectivity index (χ4v) is 1.02. The van der Waals surface area contributed by atoms with E-state index in [-0.39, 0.29) is 11.4 Å². The number of ether oxygens (including phenoxy) is 1. The van der Waals surface area contributed by atoms with Gasteiger partial charge in [-0.2, -0.15) is 0 Å². The summed E-state index contributed by atoms with van der Waals surface area (Å²) < 4.78 is 4.92. The lowest BCUT2D eigenvalue weighted by Crippen LogP contribution is -2.16. The number of nitrogen functional groups attached to an aromatic ring is 1. The van der Waals surface area contributed by atoms with Gasteiger partial charge in [0.1, 0.15) is 0 Å². The van der Waals surface area contributed by atoms with Gasteiger partial charge in [-0.05, 0) is 13.0 Å². The van der Waals surface area contributed by atoms with Crippen molar-refractivity contribution in [2.45, 2.75) is 6.92 Å². The number of pyridine rings is 1. The van der Waals surface area contributed by atoms with Crippen molar-refractivity contribution in [3.05, 3.63) is 17.3 Å². The second-order valence-electron chi connectivity index (χ2n) is 2.62. The summed E-state index contributed by atoms with van der Waals surface area (Å²) in [4.78, 5) is 14.7. The Morgan fingerprint density at radius 1 is 1.62 bits per heavy atom. The number of hydrogen-bond acceptors (Lipinski definition) is 4. The molecule has 5 heteroatoms. The van der Waals surface area contributed by atoms with Crippen molar-refractivity contribution in [2.24, 2.45) is 5.73 Å². The van der Waals surface area contributed by atoms with Crippen LogP contribution in [0.5, 0.6) is 5.88 Å². The van der Waals surface area contributed by atoms with E-state index >= 15 is 0 Å². The molecule has 0 bridgehead atoms. The van der Waals surface area contributed by atoms with Gasteiger partial charge >= 0.3 is 0 Å². The number of carbonyl (C=O) groups is 1. The van der Waals surface area contributed by atoms with Crippen LogP contribution in [-0.2, 0) is 0 Å². The van der Waals surface area contributed by atoms with Crippen molar-refractivity contribution in [1.82, 2.24) is 4.98 Å². The third-order valence-corrected chi connectivity index (χ3v) is 1.62. The van der Waals surface area contributed by atoms with Crippen molar-refractivity contribution in [3.63, 3.8) is 0 Å². The summed E-state index contributed by atoms with van der Waals surface area (Å²) in [7, 11) is 1.47. The molecule has 1 aromatic heterocycles. The summed E-state index contributed by atoms with van der Waals surface area (Å²) in [6.07, 6.45) is 0. The molecular formula is C8H11N3O2. The second kappa shape index (κ2) is 3.30. The highest BCUT2D eigenvalue weighted by Crippen LogP contribution is 2.19. The molecule has 1 rings (SSSR count). The standard InChI is InChI=1S/C8H11N3O2/c1-4-3-5(9)6(7(10)12)11-8(4)13-2/h3H,9H2,1-2H3,(H2,10,12). The zero-order valence-corrected chi connectivity index (χ0v) is 7.50. The van der Waals surface area contributed by atoms with Crippen LogP contribution in [0.1, 0.15) is 16.1 Å². The van der Waals surface area contributed by atoms with Crippen molar-refractivity contribution in [1.29, 1.82) is 0 Å². The normalized spacial score (nSPS) is 9.69. The Kier molecular flexibility index (Phi) is 2.36. The van der Waals surface area contributed by atoms with Gasteiger partial charge in [-0.15, -0.1) is 0 Å². The Morgan fingerprint density at radius 3 is 2.69 bits per heavy atom. The number of hydrogen-bond donors (Lipinski definition) is 2. The molecular weight excluding hydrogens is 170 g/mol. The van der Waals surface area contributed by atoms with E-state index in [1.807, 2.05) is 0 Å². The Labute approximate surface area is 75.7 Å². The van der Waals surface area contributed by atoms with Crippen LogP contribution in [0.15, 0.2) is 6.07 Å². The lowest BCUT2D eigenvalue weighted by molar-refractivity contribution is 0.0995. The van der Waals surface area contributed by atoms with E-state index in [9.17, 15) is 4.79 Å². The van der Waals surface area contributed by atoms with Crippen LogP contribution in [0, 0.1) is 6.92 Å². The number of primary amides is 1. The summed E-state index contributed by atoms with van der Waals surface area (Å²) in [6.45, 7) is 1.78. The fourth-order valence-electron chi connectivity index (χ4n) is 1.02. The molecule has 1 amide bonds. The Balaban J connectivity index is 3.30. The van der Waals surface area contributed by atoms with E-state index in [0.29, 0.717) is 5.88 Å². The largest absolute Gasteiger partial charge is 0.481 e. The minimum Gasteiger partial charge on any atom is -0.481 e. The van der Waals surface area contributed by atoms with Gasteiger partial charge in [0.15, 0.2) is 5.69 Å². The number of amides is 1. The average Bonchev–Trinajstić information content (AvgIpc) is 2.03. The molecule has 0 spiro atoms. The minimum atomic E-state index is -0.657. The summed E-state index contributed by atoms with van der Waals surface area (Å²) in [5.74, 6) is -0.293. The topological polar surface area (TPSA) is 91.2 Å². The Morgan fingerprint density at radius 2 is 2.23 bits per heavy atom. The zero-order chi connectivity index (χ0) is 10.0. The Bertz CT molecular complexity index is 349. The van der Waals surface area contributed by atoms with E-state index in [1.165, 1.54) is 7.11 Å². The van der Waals surface area contributed by atoms with Crippen molar-refractivity contribution in [2.75, 3.05) is 12.8 Å². The van der Waals surface area contributed by atoms with E-state index in [0.717, 1.165) is 5.56 Å². The van der Waals surface area contributed by atoms with Gasteiger partial charge in [0, 0.05) is 5.56 Å². The SMILES string of the molecule is COc1nc(C(N)=O)c(N)cc1C. The molecule has 0 aliphatic heterocycles. The molecule has 0 atom stereocenters.